The van der Waals surface area contributed by atoms with Crippen molar-refractivity contribution in [3.63, 3.8) is 0 Å². The highest BCUT2D eigenvalue weighted by Gasteiger charge is 2.13. The second-order valence-corrected chi connectivity index (χ2v) is 5.80. The number of primary amides is 1. The molecule has 2 rings (SSSR count). The SMILES string of the molecule is CC(C)c1ccc(C(N)CNC(=O)c2cc(C(N)=O)c[nH]2)cc1.Cl. The van der Waals surface area contributed by atoms with E-state index < -0.39 is 5.91 Å². The van der Waals surface area contributed by atoms with Crippen molar-refractivity contribution in [3.05, 3.63) is 58.9 Å². The number of nitrogens with two attached hydrogens (primary N) is 2. The molecule has 0 saturated heterocycles. The van der Waals surface area contributed by atoms with E-state index in [0.29, 0.717) is 12.5 Å². The van der Waals surface area contributed by atoms with Crippen LogP contribution in [0.4, 0.5) is 0 Å². The summed E-state index contributed by atoms with van der Waals surface area (Å²) in [6, 6.07) is 9.17. The number of benzene rings is 1. The molecule has 6 N–H and O–H groups in total. The number of amides is 2. The predicted molar refractivity (Wildman–Crippen MR) is 96.4 cm³/mol. The van der Waals surface area contributed by atoms with Gasteiger partial charge in [0.15, 0.2) is 0 Å². The van der Waals surface area contributed by atoms with Gasteiger partial charge in [-0.15, -0.1) is 12.4 Å². The average Bonchev–Trinajstić information content (AvgIpc) is 3.02. The Morgan fingerprint density at radius 3 is 2.25 bits per heavy atom. The molecule has 0 radical (unpaired) electrons. The van der Waals surface area contributed by atoms with Gasteiger partial charge in [0.25, 0.3) is 5.91 Å². The van der Waals surface area contributed by atoms with Gasteiger partial charge in [0.1, 0.15) is 5.69 Å². The van der Waals surface area contributed by atoms with Crippen molar-refractivity contribution in [2.24, 2.45) is 11.5 Å². The first kappa shape index (κ1) is 19.7. The zero-order valence-corrected chi connectivity index (χ0v) is 14.5. The number of halogens is 1. The normalized spacial score (nSPS) is 11.7. The summed E-state index contributed by atoms with van der Waals surface area (Å²) in [7, 11) is 0. The van der Waals surface area contributed by atoms with Gasteiger partial charge in [-0.1, -0.05) is 38.1 Å². The Morgan fingerprint density at radius 2 is 1.75 bits per heavy atom. The first-order chi connectivity index (χ1) is 10.9. The second kappa shape index (κ2) is 8.52. The van der Waals surface area contributed by atoms with Gasteiger partial charge in [-0.3, -0.25) is 9.59 Å². The summed E-state index contributed by atoms with van der Waals surface area (Å²) in [5.74, 6) is -0.443. The van der Waals surface area contributed by atoms with Crippen molar-refractivity contribution in [2.75, 3.05) is 6.54 Å². The number of hydrogen-bond donors (Lipinski definition) is 4. The van der Waals surface area contributed by atoms with Crippen LogP contribution in [0, 0.1) is 0 Å². The molecule has 0 spiro atoms. The lowest BCUT2D eigenvalue weighted by Crippen LogP contribution is -2.32. The summed E-state index contributed by atoms with van der Waals surface area (Å²) in [6.45, 7) is 4.56. The van der Waals surface area contributed by atoms with Crippen LogP contribution < -0.4 is 16.8 Å². The average molecular weight is 351 g/mol. The largest absolute Gasteiger partial charge is 0.366 e. The third-order valence-corrected chi connectivity index (χ3v) is 3.73. The van der Waals surface area contributed by atoms with Crippen LogP contribution in [0.15, 0.2) is 36.5 Å². The number of aromatic amines is 1. The lowest BCUT2D eigenvalue weighted by atomic mass is 9.99. The van der Waals surface area contributed by atoms with E-state index in [1.807, 2.05) is 24.3 Å². The summed E-state index contributed by atoms with van der Waals surface area (Å²) in [5.41, 5.74) is 14.0. The topological polar surface area (TPSA) is 114 Å². The maximum Gasteiger partial charge on any atom is 0.267 e. The second-order valence-electron chi connectivity index (χ2n) is 5.80. The number of carbonyl (C=O) groups excluding carboxylic acids is 2. The van der Waals surface area contributed by atoms with Crippen molar-refractivity contribution in [2.45, 2.75) is 25.8 Å². The lowest BCUT2D eigenvalue weighted by molar-refractivity contribution is 0.0946. The highest BCUT2D eigenvalue weighted by atomic mass is 35.5. The maximum atomic E-state index is 12.0. The Labute approximate surface area is 147 Å². The van der Waals surface area contributed by atoms with Crippen LogP contribution in [0.3, 0.4) is 0 Å². The number of nitrogens with one attached hydrogen (secondary N) is 2. The highest BCUT2D eigenvalue weighted by Crippen LogP contribution is 2.17. The van der Waals surface area contributed by atoms with E-state index in [4.69, 9.17) is 11.5 Å². The molecule has 0 aliphatic rings. The molecular weight excluding hydrogens is 328 g/mol. The minimum atomic E-state index is -0.581. The monoisotopic (exact) mass is 350 g/mol. The quantitative estimate of drug-likeness (QED) is 0.639. The minimum Gasteiger partial charge on any atom is -0.366 e. The Morgan fingerprint density at radius 1 is 1.17 bits per heavy atom. The molecule has 1 aromatic carbocycles. The van der Waals surface area contributed by atoms with Crippen LogP contribution >= 0.6 is 12.4 Å². The van der Waals surface area contributed by atoms with Gasteiger partial charge < -0.3 is 21.8 Å². The van der Waals surface area contributed by atoms with Gasteiger partial charge in [-0.25, -0.2) is 0 Å². The van der Waals surface area contributed by atoms with Crippen molar-refractivity contribution < 1.29 is 9.59 Å². The zero-order valence-electron chi connectivity index (χ0n) is 13.7. The molecule has 0 bridgehead atoms. The number of H-pyrrole nitrogens is 1. The first-order valence-electron chi connectivity index (χ1n) is 7.50. The fraction of sp³-hybridized carbons (Fsp3) is 0.294. The van der Waals surface area contributed by atoms with E-state index in [2.05, 4.69) is 24.1 Å². The maximum absolute atomic E-state index is 12.0. The van der Waals surface area contributed by atoms with Crippen molar-refractivity contribution in [1.29, 1.82) is 0 Å². The molecule has 0 saturated carbocycles. The minimum absolute atomic E-state index is 0. The molecule has 1 heterocycles. The van der Waals surface area contributed by atoms with E-state index in [1.54, 1.807) is 0 Å². The van der Waals surface area contributed by atoms with Crippen LogP contribution in [0.25, 0.3) is 0 Å². The van der Waals surface area contributed by atoms with E-state index >= 15 is 0 Å². The fourth-order valence-corrected chi connectivity index (χ4v) is 2.21. The number of rotatable bonds is 6. The molecule has 130 valence electrons. The highest BCUT2D eigenvalue weighted by molar-refractivity contribution is 5.98. The summed E-state index contributed by atoms with van der Waals surface area (Å²) in [6.07, 6.45) is 1.40. The summed E-state index contributed by atoms with van der Waals surface area (Å²) >= 11 is 0. The van der Waals surface area contributed by atoms with Gasteiger partial charge >= 0.3 is 0 Å². The Bertz CT molecular complexity index is 695. The fourth-order valence-electron chi connectivity index (χ4n) is 2.21. The lowest BCUT2D eigenvalue weighted by Gasteiger charge is -2.14. The summed E-state index contributed by atoms with van der Waals surface area (Å²) in [4.78, 5) is 25.7. The van der Waals surface area contributed by atoms with Crippen LogP contribution in [-0.4, -0.2) is 23.3 Å². The molecule has 0 aliphatic carbocycles. The number of aromatic nitrogens is 1. The van der Waals surface area contributed by atoms with E-state index in [1.165, 1.54) is 17.8 Å². The molecule has 1 atom stereocenters. The van der Waals surface area contributed by atoms with Crippen LogP contribution in [-0.2, 0) is 0 Å². The van der Waals surface area contributed by atoms with E-state index in [9.17, 15) is 9.59 Å². The van der Waals surface area contributed by atoms with Gasteiger partial charge in [0.05, 0.1) is 5.56 Å². The van der Waals surface area contributed by atoms with Gasteiger partial charge in [0.2, 0.25) is 5.91 Å². The van der Waals surface area contributed by atoms with Crippen molar-refractivity contribution in [1.82, 2.24) is 10.3 Å². The Balaban J connectivity index is 0.00000288. The van der Waals surface area contributed by atoms with E-state index in [-0.39, 0.29) is 35.6 Å². The number of hydrogen-bond acceptors (Lipinski definition) is 3. The van der Waals surface area contributed by atoms with Crippen LogP contribution in [0.5, 0.6) is 0 Å². The first-order valence-corrected chi connectivity index (χ1v) is 7.50. The third kappa shape index (κ3) is 4.84. The summed E-state index contributed by atoms with van der Waals surface area (Å²) in [5, 5.41) is 2.74. The molecule has 2 aromatic rings. The van der Waals surface area contributed by atoms with Crippen molar-refractivity contribution in [3.8, 4) is 0 Å². The Kier molecular flexibility index (Phi) is 7.00. The standard InChI is InChI=1S/C17H22N4O2.ClH/c1-10(2)11-3-5-12(6-4-11)14(18)9-21-17(23)15-7-13(8-20-15)16(19)22;/h3-8,10,14,20H,9,18H2,1-2H3,(H2,19,22)(H,21,23);1H. The molecule has 2 amide bonds. The molecule has 6 nitrogen and oxygen atoms in total. The predicted octanol–water partition coefficient (Wildman–Crippen LogP) is 2.09. The number of carbonyl (C=O) groups is 2. The summed E-state index contributed by atoms with van der Waals surface area (Å²) < 4.78 is 0. The molecule has 1 unspecified atom stereocenters. The molecule has 0 fully saturated rings. The van der Waals surface area contributed by atoms with Crippen molar-refractivity contribution >= 4 is 24.2 Å². The van der Waals surface area contributed by atoms with Crippen LogP contribution in [0.1, 0.15) is 57.8 Å². The third-order valence-electron chi connectivity index (χ3n) is 3.73. The smallest absolute Gasteiger partial charge is 0.267 e. The molecule has 0 aliphatic heterocycles. The van der Waals surface area contributed by atoms with Gasteiger partial charge in [-0.05, 0) is 23.1 Å². The van der Waals surface area contributed by atoms with Crippen LogP contribution in [0.2, 0.25) is 0 Å². The van der Waals surface area contributed by atoms with Gasteiger partial charge in [0, 0.05) is 18.8 Å². The Hall–Kier alpha value is -2.31. The zero-order chi connectivity index (χ0) is 17.0. The molecule has 7 heteroatoms. The molecule has 1 aromatic heterocycles. The van der Waals surface area contributed by atoms with E-state index in [0.717, 1.165) is 5.56 Å². The molecule has 24 heavy (non-hydrogen) atoms. The molecular formula is C17H23ClN4O2. The van der Waals surface area contributed by atoms with Gasteiger partial charge in [-0.2, -0.15) is 0 Å².